The van der Waals surface area contributed by atoms with Crippen LogP contribution in [-0.2, 0) is 9.53 Å². The Balaban J connectivity index is 1.84. The van der Waals surface area contributed by atoms with Gasteiger partial charge in [0, 0.05) is 19.2 Å². The quantitative estimate of drug-likeness (QED) is 0.465. The maximum absolute atomic E-state index is 12.2. The molecule has 0 aromatic carbocycles. The molecule has 0 unspecified atom stereocenters. The molecule has 25 heavy (non-hydrogen) atoms. The van der Waals surface area contributed by atoms with E-state index < -0.39 is 12.0 Å². The summed E-state index contributed by atoms with van der Waals surface area (Å²) < 4.78 is 4.92. The van der Waals surface area contributed by atoms with Crippen molar-refractivity contribution in [2.75, 3.05) is 12.4 Å². The molecule has 0 bridgehead atoms. The number of nitrogens with two attached hydrogens (primary N) is 1. The van der Waals surface area contributed by atoms with Crippen molar-refractivity contribution in [1.29, 1.82) is 0 Å². The maximum Gasteiger partial charge on any atom is 0.404 e. The van der Waals surface area contributed by atoms with Crippen LogP contribution in [0.15, 0.2) is 12.3 Å². The van der Waals surface area contributed by atoms with Gasteiger partial charge in [0.2, 0.25) is 5.91 Å². The molecule has 1 aliphatic rings. The molecular weight excluding hydrogens is 350 g/mol. The van der Waals surface area contributed by atoms with E-state index in [1.54, 1.807) is 7.05 Å². The van der Waals surface area contributed by atoms with Crippen molar-refractivity contribution >= 4 is 35.2 Å². The number of primary amides is 1. The number of carbonyl (C=O) groups is 3. The lowest BCUT2D eigenvalue weighted by Crippen LogP contribution is -2.45. The normalized spacial score (nSPS) is 19.6. The standard InChI is InChI=1S/C15H20ClN5O4/c1-18-11-6-12(16)19-7-10(11)14(23)21-20-13(22)8-2-4-9(5-3-8)25-15(17)24/h6-9H,2-5H2,1H3,(H2,17,24)(H,18,19)(H,20,22)(H,21,23). The van der Waals surface area contributed by atoms with Crippen LogP contribution < -0.4 is 21.9 Å². The first-order valence-corrected chi connectivity index (χ1v) is 8.18. The Morgan fingerprint density at radius 2 is 1.92 bits per heavy atom. The number of hydrogen-bond acceptors (Lipinski definition) is 6. The Morgan fingerprint density at radius 3 is 2.52 bits per heavy atom. The SMILES string of the molecule is CNc1cc(Cl)ncc1C(=O)NNC(=O)C1CCC(OC(N)=O)CC1. The molecule has 0 spiro atoms. The lowest BCUT2D eigenvalue weighted by Gasteiger charge is -2.27. The van der Waals surface area contributed by atoms with Gasteiger partial charge in [-0.2, -0.15) is 0 Å². The number of hydrazine groups is 1. The molecule has 1 fully saturated rings. The second kappa shape index (κ2) is 8.52. The molecule has 9 nitrogen and oxygen atoms in total. The zero-order chi connectivity index (χ0) is 18.4. The number of rotatable bonds is 4. The molecule has 10 heteroatoms. The van der Waals surface area contributed by atoms with Gasteiger partial charge in [-0.05, 0) is 31.7 Å². The van der Waals surface area contributed by atoms with Crippen LogP contribution in [0.2, 0.25) is 5.15 Å². The number of aromatic nitrogens is 1. The van der Waals surface area contributed by atoms with Crippen LogP contribution in [0.4, 0.5) is 10.5 Å². The van der Waals surface area contributed by atoms with Gasteiger partial charge in [0.25, 0.3) is 5.91 Å². The summed E-state index contributed by atoms with van der Waals surface area (Å²) >= 11 is 5.78. The summed E-state index contributed by atoms with van der Waals surface area (Å²) in [6.45, 7) is 0. The van der Waals surface area contributed by atoms with E-state index in [2.05, 4.69) is 21.2 Å². The molecule has 1 aromatic heterocycles. The number of pyridine rings is 1. The van der Waals surface area contributed by atoms with Gasteiger partial charge in [0.1, 0.15) is 11.3 Å². The molecule has 0 radical (unpaired) electrons. The minimum absolute atomic E-state index is 0.250. The van der Waals surface area contributed by atoms with E-state index in [0.717, 1.165) is 0 Å². The van der Waals surface area contributed by atoms with E-state index >= 15 is 0 Å². The second-order valence-corrected chi connectivity index (χ2v) is 6.04. The molecule has 136 valence electrons. The third-order valence-corrected chi connectivity index (χ3v) is 4.22. The van der Waals surface area contributed by atoms with Gasteiger partial charge in [0.15, 0.2) is 0 Å². The highest BCUT2D eigenvalue weighted by Crippen LogP contribution is 2.26. The van der Waals surface area contributed by atoms with Crippen molar-refractivity contribution in [3.63, 3.8) is 0 Å². The third-order valence-electron chi connectivity index (χ3n) is 4.01. The van der Waals surface area contributed by atoms with Crippen molar-refractivity contribution in [2.45, 2.75) is 31.8 Å². The highest BCUT2D eigenvalue weighted by molar-refractivity contribution is 6.29. The van der Waals surface area contributed by atoms with Crippen LogP contribution in [0.3, 0.4) is 0 Å². The minimum atomic E-state index is -0.808. The van der Waals surface area contributed by atoms with Crippen LogP contribution in [0.5, 0.6) is 0 Å². The van der Waals surface area contributed by atoms with Gasteiger partial charge in [-0.15, -0.1) is 0 Å². The summed E-state index contributed by atoms with van der Waals surface area (Å²) in [7, 11) is 1.65. The summed E-state index contributed by atoms with van der Waals surface area (Å²) in [6.07, 6.45) is 2.46. The zero-order valence-corrected chi connectivity index (χ0v) is 14.4. The fourth-order valence-electron chi connectivity index (χ4n) is 2.71. The predicted molar refractivity (Wildman–Crippen MR) is 90.8 cm³/mol. The van der Waals surface area contributed by atoms with E-state index in [-0.39, 0.29) is 28.6 Å². The first-order chi connectivity index (χ1) is 11.9. The summed E-state index contributed by atoms with van der Waals surface area (Å²) in [5.74, 6) is -1.06. The first-order valence-electron chi connectivity index (χ1n) is 7.80. The van der Waals surface area contributed by atoms with E-state index in [0.29, 0.717) is 31.4 Å². The third kappa shape index (κ3) is 5.21. The van der Waals surface area contributed by atoms with Crippen LogP contribution >= 0.6 is 11.6 Å². The molecule has 0 aliphatic heterocycles. The summed E-state index contributed by atoms with van der Waals surface area (Å²) in [5, 5.41) is 3.09. The van der Waals surface area contributed by atoms with Crippen molar-refractivity contribution < 1.29 is 19.1 Å². The fraction of sp³-hybridized carbons (Fsp3) is 0.467. The molecule has 1 saturated carbocycles. The molecule has 3 amide bonds. The van der Waals surface area contributed by atoms with Gasteiger partial charge >= 0.3 is 6.09 Å². The molecule has 0 atom stereocenters. The van der Waals surface area contributed by atoms with E-state index in [1.165, 1.54) is 12.3 Å². The Labute approximate surface area is 149 Å². The number of anilines is 1. The van der Waals surface area contributed by atoms with Crippen molar-refractivity contribution in [1.82, 2.24) is 15.8 Å². The van der Waals surface area contributed by atoms with E-state index in [1.807, 2.05) is 0 Å². The van der Waals surface area contributed by atoms with E-state index in [4.69, 9.17) is 22.1 Å². The average molecular weight is 370 g/mol. The number of ether oxygens (including phenoxy) is 1. The maximum atomic E-state index is 12.2. The molecule has 1 aromatic rings. The topological polar surface area (TPSA) is 135 Å². The lowest BCUT2D eigenvalue weighted by atomic mass is 9.87. The first kappa shape index (κ1) is 18.8. The Kier molecular flexibility index (Phi) is 6.40. The summed E-state index contributed by atoms with van der Waals surface area (Å²) in [4.78, 5) is 38.9. The van der Waals surface area contributed by atoms with Gasteiger partial charge in [0.05, 0.1) is 11.3 Å². The number of carbonyl (C=O) groups excluding carboxylic acids is 3. The predicted octanol–water partition coefficient (Wildman–Crippen LogP) is 1.19. The largest absolute Gasteiger partial charge is 0.446 e. The van der Waals surface area contributed by atoms with Crippen molar-refractivity contribution in [2.24, 2.45) is 11.7 Å². The van der Waals surface area contributed by atoms with E-state index in [9.17, 15) is 14.4 Å². The highest BCUT2D eigenvalue weighted by atomic mass is 35.5. The number of amides is 3. The van der Waals surface area contributed by atoms with Crippen molar-refractivity contribution in [3.8, 4) is 0 Å². The second-order valence-electron chi connectivity index (χ2n) is 5.66. The fourth-order valence-corrected chi connectivity index (χ4v) is 2.87. The smallest absolute Gasteiger partial charge is 0.404 e. The number of nitrogens with one attached hydrogen (secondary N) is 3. The van der Waals surface area contributed by atoms with Crippen molar-refractivity contribution in [3.05, 3.63) is 23.0 Å². The van der Waals surface area contributed by atoms with Gasteiger partial charge in [-0.25, -0.2) is 9.78 Å². The van der Waals surface area contributed by atoms with Crippen LogP contribution in [-0.4, -0.2) is 36.0 Å². The summed E-state index contributed by atoms with van der Waals surface area (Å²) in [6, 6.07) is 1.51. The molecule has 2 rings (SSSR count). The van der Waals surface area contributed by atoms with Crippen LogP contribution in [0.1, 0.15) is 36.0 Å². The molecule has 1 aliphatic carbocycles. The average Bonchev–Trinajstić information content (AvgIpc) is 2.59. The Hall–Kier alpha value is -2.55. The zero-order valence-electron chi connectivity index (χ0n) is 13.7. The van der Waals surface area contributed by atoms with Crippen LogP contribution in [0, 0.1) is 5.92 Å². The number of hydrogen-bond donors (Lipinski definition) is 4. The molecule has 1 heterocycles. The van der Waals surface area contributed by atoms with Gasteiger partial charge < -0.3 is 15.8 Å². The number of halogens is 1. The van der Waals surface area contributed by atoms with Crippen LogP contribution in [0.25, 0.3) is 0 Å². The Morgan fingerprint density at radius 1 is 1.24 bits per heavy atom. The van der Waals surface area contributed by atoms with Gasteiger partial charge in [-0.1, -0.05) is 11.6 Å². The lowest BCUT2D eigenvalue weighted by molar-refractivity contribution is -0.127. The summed E-state index contributed by atoms with van der Waals surface area (Å²) in [5.41, 5.74) is 10.5. The minimum Gasteiger partial charge on any atom is -0.446 e. The number of nitrogens with zero attached hydrogens (tertiary/aromatic N) is 1. The monoisotopic (exact) mass is 369 g/mol. The molecular formula is C15H20ClN5O4. The molecule has 5 N–H and O–H groups in total. The Bertz CT molecular complexity index is 661. The molecule has 0 saturated heterocycles. The highest BCUT2D eigenvalue weighted by Gasteiger charge is 2.28. The van der Waals surface area contributed by atoms with Gasteiger partial charge in [-0.3, -0.25) is 20.4 Å².